The highest BCUT2D eigenvalue weighted by molar-refractivity contribution is 5.75. The lowest BCUT2D eigenvalue weighted by atomic mass is 9.63. The standard InChI is InChI=1S/C12H20O2/c1-4-10(3)12(11(13)14)7-5-6-9(2)8-12/h4,9-10H,1,5-8H2,2-3H3,(H,13,14). The molecule has 0 aromatic heterocycles. The molecule has 0 saturated heterocycles. The van der Waals surface area contributed by atoms with Crippen molar-refractivity contribution in [1.29, 1.82) is 0 Å². The Morgan fingerprint density at radius 2 is 2.36 bits per heavy atom. The van der Waals surface area contributed by atoms with Gasteiger partial charge in [0.1, 0.15) is 0 Å². The molecule has 1 aliphatic carbocycles. The van der Waals surface area contributed by atoms with Crippen molar-refractivity contribution in [1.82, 2.24) is 0 Å². The Balaban J connectivity index is 2.91. The van der Waals surface area contributed by atoms with E-state index in [4.69, 9.17) is 0 Å². The summed E-state index contributed by atoms with van der Waals surface area (Å²) in [6.45, 7) is 7.84. The van der Waals surface area contributed by atoms with Crippen LogP contribution in [-0.4, -0.2) is 11.1 Å². The van der Waals surface area contributed by atoms with Gasteiger partial charge in [-0.15, -0.1) is 6.58 Å². The number of aliphatic carboxylic acids is 1. The normalized spacial score (nSPS) is 34.9. The third-order valence-corrected chi connectivity index (χ3v) is 3.68. The van der Waals surface area contributed by atoms with E-state index < -0.39 is 11.4 Å². The zero-order valence-electron chi connectivity index (χ0n) is 9.12. The molecule has 80 valence electrons. The molecule has 0 spiro atoms. The first kappa shape index (κ1) is 11.3. The van der Waals surface area contributed by atoms with Gasteiger partial charge in [0.15, 0.2) is 0 Å². The van der Waals surface area contributed by atoms with Crippen LogP contribution in [-0.2, 0) is 4.79 Å². The minimum Gasteiger partial charge on any atom is -0.481 e. The first-order valence-corrected chi connectivity index (χ1v) is 5.39. The second-order valence-electron chi connectivity index (χ2n) is 4.69. The lowest BCUT2D eigenvalue weighted by Crippen LogP contribution is -2.40. The summed E-state index contributed by atoms with van der Waals surface area (Å²) in [5.74, 6) is -0.0403. The molecule has 0 heterocycles. The van der Waals surface area contributed by atoms with E-state index in [9.17, 15) is 9.90 Å². The van der Waals surface area contributed by atoms with E-state index in [1.807, 2.05) is 6.92 Å². The fourth-order valence-electron chi connectivity index (χ4n) is 2.62. The van der Waals surface area contributed by atoms with E-state index in [1.165, 1.54) is 6.42 Å². The Morgan fingerprint density at radius 1 is 1.71 bits per heavy atom. The lowest BCUT2D eigenvalue weighted by molar-refractivity contribution is -0.154. The summed E-state index contributed by atoms with van der Waals surface area (Å²) in [4.78, 5) is 11.4. The smallest absolute Gasteiger partial charge is 0.310 e. The number of carboxylic acid groups (broad SMARTS) is 1. The summed E-state index contributed by atoms with van der Waals surface area (Å²) in [7, 11) is 0. The summed E-state index contributed by atoms with van der Waals surface area (Å²) >= 11 is 0. The molecule has 0 aromatic carbocycles. The lowest BCUT2D eigenvalue weighted by Gasteiger charge is -2.39. The Kier molecular flexibility index (Phi) is 3.35. The van der Waals surface area contributed by atoms with Crippen LogP contribution in [0.2, 0.25) is 0 Å². The number of allylic oxidation sites excluding steroid dienone is 1. The van der Waals surface area contributed by atoms with Gasteiger partial charge in [-0.2, -0.15) is 0 Å². The van der Waals surface area contributed by atoms with E-state index in [0.717, 1.165) is 19.3 Å². The highest BCUT2D eigenvalue weighted by Crippen LogP contribution is 2.45. The third kappa shape index (κ3) is 1.84. The summed E-state index contributed by atoms with van der Waals surface area (Å²) in [6.07, 6.45) is 5.59. The molecule has 0 amide bonds. The number of carbonyl (C=O) groups is 1. The summed E-state index contributed by atoms with van der Waals surface area (Å²) in [5.41, 5.74) is -0.542. The van der Waals surface area contributed by atoms with E-state index >= 15 is 0 Å². The van der Waals surface area contributed by atoms with Crippen LogP contribution in [0.4, 0.5) is 0 Å². The van der Waals surface area contributed by atoms with Gasteiger partial charge < -0.3 is 5.11 Å². The minimum absolute atomic E-state index is 0.0720. The maximum absolute atomic E-state index is 11.4. The Bertz CT molecular complexity index is 234. The van der Waals surface area contributed by atoms with Gasteiger partial charge in [-0.05, 0) is 24.7 Å². The molecule has 1 fully saturated rings. The highest BCUT2D eigenvalue weighted by atomic mass is 16.4. The number of carboxylic acids is 1. The first-order chi connectivity index (χ1) is 6.53. The van der Waals surface area contributed by atoms with Gasteiger partial charge in [0.25, 0.3) is 0 Å². The second kappa shape index (κ2) is 4.16. The van der Waals surface area contributed by atoms with Gasteiger partial charge in [-0.25, -0.2) is 0 Å². The average Bonchev–Trinajstić information content (AvgIpc) is 2.16. The maximum atomic E-state index is 11.4. The fourth-order valence-corrected chi connectivity index (χ4v) is 2.62. The van der Waals surface area contributed by atoms with Gasteiger partial charge in [0, 0.05) is 0 Å². The van der Waals surface area contributed by atoms with Gasteiger partial charge in [-0.3, -0.25) is 4.79 Å². The summed E-state index contributed by atoms with van der Waals surface area (Å²) < 4.78 is 0. The van der Waals surface area contributed by atoms with Crippen molar-refractivity contribution in [3.63, 3.8) is 0 Å². The second-order valence-corrected chi connectivity index (χ2v) is 4.69. The van der Waals surface area contributed by atoms with Gasteiger partial charge >= 0.3 is 5.97 Å². The van der Waals surface area contributed by atoms with Gasteiger partial charge in [0.05, 0.1) is 5.41 Å². The van der Waals surface area contributed by atoms with Crippen molar-refractivity contribution in [2.24, 2.45) is 17.3 Å². The van der Waals surface area contributed by atoms with Gasteiger partial charge in [0.2, 0.25) is 0 Å². The molecule has 2 nitrogen and oxygen atoms in total. The highest BCUT2D eigenvalue weighted by Gasteiger charge is 2.44. The Labute approximate surface area is 86.0 Å². The van der Waals surface area contributed by atoms with Crippen LogP contribution in [0, 0.1) is 17.3 Å². The van der Waals surface area contributed by atoms with Crippen molar-refractivity contribution >= 4 is 5.97 Å². The van der Waals surface area contributed by atoms with E-state index in [0.29, 0.717) is 5.92 Å². The summed E-state index contributed by atoms with van der Waals surface area (Å²) in [5, 5.41) is 9.36. The van der Waals surface area contributed by atoms with Gasteiger partial charge in [-0.1, -0.05) is 32.8 Å². The predicted octanol–water partition coefficient (Wildman–Crippen LogP) is 3.09. The zero-order valence-corrected chi connectivity index (χ0v) is 9.12. The quantitative estimate of drug-likeness (QED) is 0.704. The van der Waals surface area contributed by atoms with Crippen LogP contribution in [0.3, 0.4) is 0 Å². The van der Waals surface area contributed by atoms with Crippen molar-refractivity contribution in [2.75, 3.05) is 0 Å². The van der Waals surface area contributed by atoms with Crippen molar-refractivity contribution in [3.8, 4) is 0 Å². The average molecular weight is 196 g/mol. The number of rotatable bonds is 3. The van der Waals surface area contributed by atoms with Crippen molar-refractivity contribution < 1.29 is 9.90 Å². The SMILES string of the molecule is C=CC(C)C1(C(=O)O)CCCC(C)C1. The van der Waals surface area contributed by atoms with Crippen LogP contribution >= 0.6 is 0 Å². The first-order valence-electron chi connectivity index (χ1n) is 5.39. The third-order valence-electron chi connectivity index (χ3n) is 3.68. The summed E-state index contributed by atoms with van der Waals surface area (Å²) in [6, 6.07) is 0. The number of hydrogen-bond acceptors (Lipinski definition) is 1. The minimum atomic E-state index is -0.642. The zero-order chi connectivity index (χ0) is 10.8. The van der Waals surface area contributed by atoms with E-state index in [1.54, 1.807) is 6.08 Å². The molecule has 2 heteroatoms. The molecular formula is C12H20O2. The van der Waals surface area contributed by atoms with Crippen LogP contribution in [0.5, 0.6) is 0 Å². The molecule has 1 saturated carbocycles. The molecule has 0 aliphatic heterocycles. The fraction of sp³-hybridized carbons (Fsp3) is 0.750. The predicted molar refractivity (Wildman–Crippen MR) is 57.1 cm³/mol. The van der Waals surface area contributed by atoms with Crippen molar-refractivity contribution in [2.45, 2.75) is 39.5 Å². The Hall–Kier alpha value is -0.790. The largest absolute Gasteiger partial charge is 0.481 e. The Morgan fingerprint density at radius 3 is 2.79 bits per heavy atom. The van der Waals surface area contributed by atoms with Crippen LogP contribution < -0.4 is 0 Å². The molecule has 0 radical (unpaired) electrons. The molecular weight excluding hydrogens is 176 g/mol. The molecule has 0 aromatic rings. The maximum Gasteiger partial charge on any atom is 0.310 e. The molecule has 3 atom stereocenters. The van der Waals surface area contributed by atoms with Crippen LogP contribution in [0.15, 0.2) is 12.7 Å². The molecule has 1 aliphatic rings. The molecule has 1 rings (SSSR count). The van der Waals surface area contributed by atoms with Crippen LogP contribution in [0.25, 0.3) is 0 Å². The van der Waals surface area contributed by atoms with Crippen molar-refractivity contribution in [3.05, 3.63) is 12.7 Å². The van der Waals surface area contributed by atoms with E-state index in [-0.39, 0.29) is 5.92 Å². The molecule has 1 N–H and O–H groups in total. The molecule has 0 bridgehead atoms. The molecule has 3 unspecified atom stereocenters. The topological polar surface area (TPSA) is 37.3 Å². The van der Waals surface area contributed by atoms with E-state index in [2.05, 4.69) is 13.5 Å². The number of hydrogen-bond donors (Lipinski definition) is 1. The monoisotopic (exact) mass is 196 g/mol. The molecule has 14 heavy (non-hydrogen) atoms. The van der Waals surface area contributed by atoms with Crippen LogP contribution in [0.1, 0.15) is 39.5 Å².